The van der Waals surface area contributed by atoms with Gasteiger partial charge in [-0.25, -0.2) is 9.37 Å². The first kappa shape index (κ1) is 10.7. The lowest BCUT2D eigenvalue weighted by atomic mass is 9.82. The van der Waals surface area contributed by atoms with Crippen LogP contribution in [-0.4, -0.2) is 9.38 Å². The molecular weight excluding hydrogens is 217 g/mol. The summed E-state index contributed by atoms with van der Waals surface area (Å²) in [4.78, 5) is 4.35. The summed E-state index contributed by atoms with van der Waals surface area (Å²) >= 11 is 0. The number of pyridine rings is 1. The summed E-state index contributed by atoms with van der Waals surface area (Å²) in [7, 11) is 0. The van der Waals surface area contributed by atoms with Gasteiger partial charge in [-0.15, -0.1) is 0 Å². The topological polar surface area (TPSA) is 43.3 Å². The van der Waals surface area contributed by atoms with Crippen LogP contribution in [0.25, 0.3) is 5.52 Å². The average molecular weight is 233 g/mol. The SMILES string of the molecule is NC1(c2ncc3c(F)cccn23)CCCCC1. The molecule has 1 saturated carbocycles. The van der Waals surface area contributed by atoms with Crippen LogP contribution in [0, 0.1) is 5.82 Å². The number of halogens is 1. The Morgan fingerprint density at radius 2 is 2.06 bits per heavy atom. The highest BCUT2D eigenvalue weighted by atomic mass is 19.1. The molecule has 1 aliphatic rings. The van der Waals surface area contributed by atoms with Crippen LogP contribution in [0.2, 0.25) is 0 Å². The molecule has 0 aromatic carbocycles. The number of rotatable bonds is 1. The molecule has 4 heteroatoms. The predicted octanol–water partition coefficient (Wildman–Crippen LogP) is 2.59. The summed E-state index contributed by atoms with van der Waals surface area (Å²) in [5.74, 6) is 0.553. The first-order valence-electron chi connectivity index (χ1n) is 6.12. The van der Waals surface area contributed by atoms with Crippen LogP contribution >= 0.6 is 0 Å². The number of hydrogen-bond donors (Lipinski definition) is 1. The molecule has 3 nitrogen and oxygen atoms in total. The minimum absolute atomic E-state index is 0.245. The van der Waals surface area contributed by atoms with Crippen molar-refractivity contribution in [2.24, 2.45) is 5.73 Å². The zero-order valence-electron chi connectivity index (χ0n) is 9.69. The zero-order valence-corrected chi connectivity index (χ0v) is 9.69. The minimum Gasteiger partial charge on any atom is -0.319 e. The van der Waals surface area contributed by atoms with Gasteiger partial charge in [0.15, 0.2) is 0 Å². The highest BCUT2D eigenvalue weighted by molar-refractivity contribution is 5.48. The van der Waals surface area contributed by atoms with Crippen molar-refractivity contribution in [2.75, 3.05) is 0 Å². The lowest BCUT2D eigenvalue weighted by Crippen LogP contribution is -2.40. The molecule has 1 aliphatic carbocycles. The second kappa shape index (κ2) is 3.81. The third kappa shape index (κ3) is 1.63. The van der Waals surface area contributed by atoms with E-state index in [-0.39, 0.29) is 5.82 Å². The fourth-order valence-electron chi connectivity index (χ4n) is 2.76. The summed E-state index contributed by atoms with van der Waals surface area (Å²) < 4.78 is 15.4. The van der Waals surface area contributed by atoms with Gasteiger partial charge in [0.1, 0.15) is 17.2 Å². The summed E-state index contributed by atoms with van der Waals surface area (Å²) in [5.41, 5.74) is 6.56. The molecule has 2 aromatic heterocycles. The minimum atomic E-state index is -0.390. The van der Waals surface area contributed by atoms with Crippen molar-refractivity contribution in [3.63, 3.8) is 0 Å². The fraction of sp³-hybridized carbons (Fsp3) is 0.462. The van der Waals surface area contributed by atoms with E-state index in [0.29, 0.717) is 5.52 Å². The lowest BCUT2D eigenvalue weighted by Gasteiger charge is -2.32. The molecule has 3 rings (SSSR count). The monoisotopic (exact) mass is 233 g/mol. The van der Waals surface area contributed by atoms with E-state index in [4.69, 9.17) is 5.73 Å². The predicted molar refractivity (Wildman–Crippen MR) is 64.1 cm³/mol. The van der Waals surface area contributed by atoms with Gasteiger partial charge in [0, 0.05) is 6.20 Å². The Hall–Kier alpha value is -1.42. The number of nitrogens with zero attached hydrogens (tertiary/aromatic N) is 2. The molecule has 2 N–H and O–H groups in total. The van der Waals surface area contributed by atoms with E-state index in [0.717, 1.165) is 31.5 Å². The molecule has 0 aliphatic heterocycles. The van der Waals surface area contributed by atoms with E-state index in [1.165, 1.54) is 12.5 Å². The molecule has 0 spiro atoms. The summed E-state index contributed by atoms with van der Waals surface area (Å²) in [6, 6.07) is 3.14. The molecular formula is C13H16FN3. The van der Waals surface area contributed by atoms with Crippen molar-refractivity contribution in [1.82, 2.24) is 9.38 Å². The van der Waals surface area contributed by atoms with Crippen LogP contribution in [0.15, 0.2) is 24.5 Å². The van der Waals surface area contributed by atoms with Gasteiger partial charge in [-0.2, -0.15) is 0 Å². The molecule has 0 amide bonds. The normalized spacial score (nSPS) is 19.6. The van der Waals surface area contributed by atoms with E-state index in [2.05, 4.69) is 4.98 Å². The second-order valence-electron chi connectivity index (χ2n) is 4.91. The third-order valence-corrected chi connectivity index (χ3v) is 3.71. The summed E-state index contributed by atoms with van der Waals surface area (Å²) in [6.45, 7) is 0. The quantitative estimate of drug-likeness (QED) is 0.822. The van der Waals surface area contributed by atoms with Gasteiger partial charge >= 0.3 is 0 Å². The number of aromatic nitrogens is 2. The van der Waals surface area contributed by atoms with Gasteiger partial charge in [0.05, 0.1) is 11.7 Å². The van der Waals surface area contributed by atoms with Crippen LogP contribution < -0.4 is 5.73 Å². The summed E-state index contributed by atoms with van der Waals surface area (Å²) in [5, 5.41) is 0. The van der Waals surface area contributed by atoms with E-state index < -0.39 is 5.54 Å². The van der Waals surface area contributed by atoms with Crippen LogP contribution in [0.4, 0.5) is 4.39 Å². The van der Waals surface area contributed by atoms with Gasteiger partial charge in [0.25, 0.3) is 0 Å². The van der Waals surface area contributed by atoms with Crippen LogP contribution in [0.3, 0.4) is 0 Å². The van der Waals surface area contributed by atoms with Gasteiger partial charge < -0.3 is 5.73 Å². The smallest absolute Gasteiger partial charge is 0.148 e. The van der Waals surface area contributed by atoms with Crippen LogP contribution in [0.5, 0.6) is 0 Å². The van der Waals surface area contributed by atoms with Crippen molar-refractivity contribution in [3.8, 4) is 0 Å². The number of imidazole rings is 1. The second-order valence-corrected chi connectivity index (χ2v) is 4.91. The molecule has 90 valence electrons. The number of hydrogen-bond acceptors (Lipinski definition) is 2. The highest BCUT2D eigenvalue weighted by Crippen LogP contribution is 2.34. The maximum absolute atomic E-state index is 13.6. The number of fused-ring (bicyclic) bond motifs is 1. The fourth-order valence-corrected chi connectivity index (χ4v) is 2.76. The molecule has 17 heavy (non-hydrogen) atoms. The Labute approximate surface area is 99.5 Å². The standard InChI is InChI=1S/C13H16FN3/c14-10-5-4-8-17-11(10)9-16-12(17)13(15)6-2-1-3-7-13/h4-5,8-9H,1-3,6-7,15H2. The Morgan fingerprint density at radius 1 is 1.29 bits per heavy atom. The lowest BCUT2D eigenvalue weighted by molar-refractivity contribution is 0.286. The van der Waals surface area contributed by atoms with Crippen molar-refractivity contribution in [1.29, 1.82) is 0 Å². The van der Waals surface area contributed by atoms with Crippen LogP contribution in [0.1, 0.15) is 37.9 Å². The van der Waals surface area contributed by atoms with Gasteiger partial charge in [0.2, 0.25) is 0 Å². The highest BCUT2D eigenvalue weighted by Gasteiger charge is 2.33. The molecule has 0 unspecified atom stereocenters. The van der Waals surface area contributed by atoms with E-state index in [1.807, 2.05) is 6.20 Å². The van der Waals surface area contributed by atoms with Crippen LogP contribution in [-0.2, 0) is 5.54 Å². The molecule has 1 fully saturated rings. The zero-order chi connectivity index (χ0) is 11.9. The molecule has 2 aromatic rings. The van der Waals surface area contributed by atoms with Gasteiger partial charge in [-0.3, -0.25) is 4.40 Å². The molecule has 0 radical (unpaired) electrons. The third-order valence-electron chi connectivity index (χ3n) is 3.71. The van der Waals surface area contributed by atoms with E-state index in [1.54, 1.807) is 16.7 Å². The maximum Gasteiger partial charge on any atom is 0.148 e. The summed E-state index contributed by atoms with van der Waals surface area (Å²) in [6.07, 6.45) is 8.77. The van der Waals surface area contributed by atoms with E-state index >= 15 is 0 Å². The molecule has 0 saturated heterocycles. The molecule has 2 heterocycles. The first-order valence-corrected chi connectivity index (χ1v) is 6.12. The van der Waals surface area contributed by atoms with Gasteiger partial charge in [-0.05, 0) is 25.0 Å². The largest absolute Gasteiger partial charge is 0.319 e. The Balaban J connectivity index is 2.14. The van der Waals surface area contributed by atoms with E-state index in [9.17, 15) is 4.39 Å². The van der Waals surface area contributed by atoms with Gasteiger partial charge in [-0.1, -0.05) is 19.3 Å². The van der Waals surface area contributed by atoms with Crippen molar-refractivity contribution in [2.45, 2.75) is 37.6 Å². The average Bonchev–Trinajstić information content (AvgIpc) is 2.76. The molecule has 0 bridgehead atoms. The number of nitrogens with two attached hydrogens (primary N) is 1. The Kier molecular flexibility index (Phi) is 2.40. The van der Waals surface area contributed by atoms with Crippen molar-refractivity contribution < 1.29 is 4.39 Å². The van der Waals surface area contributed by atoms with Crippen molar-refractivity contribution >= 4 is 5.52 Å². The Bertz CT molecular complexity index is 541. The molecule has 0 atom stereocenters. The maximum atomic E-state index is 13.6. The first-order chi connectivity index (χ1) is 8.21. The Morgan fingerprint density at radius 3 is 2.82 bits per heavy atom. The van der Waals surface area contributed by atoms with Crippen molar-refractivity contribution in [3.05, 3.63) is 36.2 Å².